The predicted octanol–water partition coefficient (Wildman–Crippen LogP) is 4.46. The van der Waals surface area contributed by atoms with Crippen LogP contribution in [0.25, 0.3) is 15.9 Å². The van der Waals surface area contributed by atoms with E-state index in [1.54, 1.807) is 11.8 Å². The average Bonchev–Trinajstić information content (AvgIpc) is 3.28. The van der Waals surface area contributed by atoms with Gasteiger partial charge in [0.15, 0.2) is 0 Å². The van der Waals surface area contributed by atoms with Crippen LogP contribution in [0.1, 0.15) is 35.1 Å². The van der Waals surface area contributed by atoms with Crippen LogP contribution in [0.2, 0.25) is 5.02 Å². The zero-order valence-electron chi connectivity index (χ0n) is 16.4. The summed E-state index contributed by atoms with van der Waals surface area (Å²) >= 11 is 7.55. The molecule has 1 amide bonds. The summed E-state index contributed by atoms with van der Waals surface area (Å²) in [5.41, 5.74) is 1.72. The van der Waals surface area contributed by atoms with Crippen LogP contribution in [0.15, 0.2) is 30.3 Å². The smallest absolute Gasteiger partial charge is 0.310 e. The molecule has 1 aliphatic rings. The Labute approximate surface area is 178 Å². The lowest BCUT2D eigenvalue weighted by molar-refractivity contribution is -0.149. The number of piperidine rings is 1. The highest BCUT2D eigenvalue weighted by molar-refractivity contribution is 7.20. The van der Waals surface area contributed by atoms with Gasteiger partial charge in [0.1, 0.15) is 4.83 Å². The third kappa shape index (κ3) is 3.89. The number of thiophene rings is 1. The van der Waals surface area contributed by atoms with Gasteiger partial charge in [0, 0.05) is 23.5 Å². The van der Waals surface area contributed by atoms with Crippen molar-refractivity contribution >= 4 is 45.0 Å². The van der Waals surface area contributed by atoms with Gasteiger partial charge in [-0.05, 0) is 51.0 Å². The molecule has 0 bridgehead atoms. The molecule has 6 nitrogen and oxygen atoms in total. The summed E-state index contributed by atoms with van der Waals surface area (Å²) in [6, 6.07) is 9.39. The molecule has 1 atom stereocenters. The summed E-state index contributed by atoms with van der Waals surface area (Å²) in [7, 11) is 0. The predicted molar refractivity (Wildman–Crippen MR) is 114 cm³/mol. The molecule has 0 radical (unpaired) electrons. The van der Waals surface area contributed by atoms with Gasteiger partial charge in [0.2, 0.25) is 0 Å². The molecule has 2 aromatic heterocycles. The van der Waals surface area contributed by atoms with Crippen LogP contribution in [-0.2, 0) is 9.53 Å². The van der Waals surface area contributed by atoms with E-state index in [1.165, 1.54) is 11.3 Å². The van der Waals surface area contributed by atoms with E-state index in [0.717, 1.165) is 34.4 Å². The van der Waals surface area contributed by atoms with Crippen molar-refractivity contribution in [3.05, 3.63) is 45.9 Å². The van der Waals surface area contributed by atoms with Gasteiger partial charge in [-0.15, -0.1) is 11.3 Å². The molecule has 29 heavy (non-hydrogen) atoms. The molecule has 1 fully saturated rings. The van der Waals surface area contributed by atoms with Gasteiger partial charge in [0.05, 0.1) is 28.8 Å². The van der Waals surface area contributed by atoms with Crippen LogP contribution in [0.5, 0.6) is 0 Å². The van der Waals surface area contributed by atoms with Crippen LogP contribution < -0.4 is 0 Å². The number of hydrogen-bond acceptors (Lipinski definition) is 5. The molecule has 0 N–H and O–H groups in total. The van der Waals surface area contributed by atoms with E-state index in [1.807, 2.05) is 41.9 Å². The van der Waals surface area contributed by atoms with Gasteiger partial charge < -0.3 is 9.64 Å². The Balaban J connectivity index is 1.62. The molecule has 8 heteroatoms. The second-order valence-corrected chi connectivity index (χ2v) is 8.62. The number of likely N-dealkylation sites (tertiary alicyclic amines) is 1. The summed E-state index contributed by atoms with van der Waals surface area (Å²) in [5, 5.41) is 6.20. The minimum absolute atomic E-state index is 0.0442. The number of fused-ring (bicyclic) bond motifs is 1. The van der Waals surface area contributed by atoms with Crippen molar-refractivity contribution in [2.75, 3.05) is 19.7 Å². The second-order valence-electron chi connectivity index (χ2n) is 7.15. The largest absolute Gasteiger partial charge is 0.466 e. The molecule has 0 aliphatic carbocycles. The molecule has 1 aliphatic heterocycles. The number of benzene rings is 1. The molecule has 0 unspecified atom stereocenters. The lowest BCUT2D eigenvalue weighted by Crippen LogP contribution is -2.42. The number of aryl methyl sites for hydroxylation is 1. The number of carbonyl (C=O) groups is 2. The monoisotopic (exact) mass is 431 g/mol. The highest BCUT2D eigenvalue weighted by Crippen LogP contribution is 2.32. The van der Waals surface area contributed by atoms with Crippen molar-refractivity contribution in [3.8, 4) is 5.69 Å². The van der Waals surface area contributed by atoms with E-state index >= 15 is 0 Å². The summed E-state index contributed by atoms with van der Waals surface area (Å²) < 4.78 is 6.97. The maximum absolute atomic E-state index is 13.1. The Bertz CT molecular complexity index is 1070. The summed E-state index contributed by atoms with van der Waals surface area (Å²) in [5.74, 6) is -0.503. The minimum Gasteiger partial charge on any atom is -0.466 e. The quantitative estimate of drug-likeness (QED) is 0.572. The van der Waals surface area contributed by atoms with E-state index in [0.29, 0.717) is 29.6 Å². The summed E-state index contributed by atoms with van der Waals surface area (Å²) in [6.45, 7) is 5.15. The average molecular weight is 432 g/mol. The van der Waals surface area contributed by atoms with Gasteiger partial charge in [-0.2, -0.15) is 5.10 Å². The number of aromatic nitrogens is 2. The number of rotatable bonds is 4. The molecule has 4 rings (SSSR count). The number of amides is 1. The van der Waals surface area contributed by atoms with E-state index in [2.05, 4.69) is 5.10 Å². The maximum Gasteiger partial charge on any atom is 0.310 e. The third-order valence-corrected chi connectivity index (χ3v) is 6.47. The zero-order valence-corrected chi connectivity index (χ0v) is 17.9. The zero-order chi connectivity index (χ0) is 20.5. The fourth-order valence-corrected chi connectivity index (χ4v) is 5.04. The van der Waals surface area contributed by atoms with Crippen molar-refractivity contribution in [2.24, 2.45) is 5.92 Å². The first-order valence-electron chi connectivity index (χ1n) is 9.69. The number of halogens is 1. The Hall–Kier alpha value is -2.38. The van der Waals surface area contributed by atoms with E-state index < -0.39 is 0 Å². The van der Waals surface area contributed by atoms with E-state index in [-0.39, 0.29) is 17.8 Å². The highest BCUT2D eigenvalue weighted by Gasteiger charge is 2.31. The van der Waals surface area contributed by atoms with Gasteiger partial charge in [-0.3, -0.25) is 9.59 Å². The first-order valence-corrected chi connectivity index (χ1v) is 10.9. The van der Waals surface area contributed by atoms with Crippen LogP contribution in [0, 0.1) is 12.8 Å². The molecule has 152 valence electrons. The normalized spacial score (nSPS) is 16.9. The molecule has 0 saturated carbocycles. The van der Waals surface area contributed by atoms with E-state index in [9.17, 15) is 9.59 Å². The number of ether oxygens (including phenoxy) is 1. The molecule has 1 saturated heterocycles. The van der Waals surface area contributed by atoms with Crippen LogP contribution in [0.3, 0.4) is 0 Å². The summed E-state index contributed by atoms with van der Waals surface area (Å²) in [6.07, 6.45) is 1.56. The standard InChI is InChI=1S/C21H22ClN3O3S/c1-3-28-21(27)14-6-5-9-24(12-14)19(26)18-11-17-13(2)23-25(20(17)29-18)16-8-4-7-15(22)10-16/h4,7-8,10-11,14H,3,5-6,9,12H2,1-2H3/t14-/m0/s1. The maximum atomic E-state index is 13.1. The van der Waals surface area contributed by atoms with E-state index in [4.69, 9.17) is 16.3 Å². The fraction of sp³-hybridized carbons (Fsp3) is 0.381. The second kappa shape index (κ2) is 8.16. The van der Waals surface area contributed by atoms with Crippen molar-refractivity contribution < 1.29 is 14.3 Å². The van der Waals surface area contributed by atoms with Gasteiger partial charge in [0.25, 0.3) is 5.91 Å². The molecule has 3 aromatic rings. The summed E-state index contributed by atoms with van der Waals surface area (Å²) in [4.78, 5) is 28.6. The first kappa shape index (κ1) is 19.9. The van der Waals surface area contributed by atoms with Gasteiger partial charge >= 0.3 is 5.97 Å². The number of hydrogen-bond donors (Lipinski definition) is 0. The van der Waals surface area contributed by atoms with Crippen LogP contribution in [0.4, 0.5) is 0 Å². The molecule has 1 aromatic carbocycles. The SMILES string of the molecule is CCOC(=O)[C@H]1CCCN(C(=O)c2cc3c(C)nn(-c4cccc(Cl)c4)c3s2)C1. The van der Waals surface area contributed by atoms with Crippen LogP contribution >= 0.6 is 22.9 Å². The Morgan fingerprint density at radius 2 is 2.17 bits per heavy atom. The lowest BCUT2D eigenvalue weighted by Gasteiger charge is -2.31. The molecular formula is C21H22ClN3O3S. The van der Waals surface area contributed by atoms with Gasteiger partial charge in [-0.25, -0.2) is 4.68 Å². The molecular weight excluding hydrogens is 410 g/mol. The van der Waals surface area contributed by atoms with Crippen molar-refractivity contribution in [3.63, 3.8) is 0 Å². The first-order chi connectivity index (χ1) is 14.0. The topological polar surface area (TPSA) is 64.4 Å². The van der Waals surface area contributed by atoms with Crippen molar-refractivity contribution in [2.45, 2.75) is 26.7 Å². The lowest BCUT2D eigenvalue weighted by atomic mass is 9.98. The Morgan fingerprint density at radius 1 is 1.34 bits per heavy atom. The molecule has 3 heterocycles. The van der Waals surface area contributed by atoms with Gasteiger partial charge in [-0.1, -0.05) is 17.7 Å². The minimum atomic E-state index is -0.245. The highest BCUT2D eigenvalue weighted by atomic mass is 35.5. The third-order valence-electron chi connectivity index (χ3n) is 5.14. The van der Waals surface area contributed by atoms with Crippen molar-refractivity contribution in [1.29, 1.82) is 0 Å². The van der Waals surface area contributed by atoms with Crippen LogP contribution in [-0.4, -0.2) is 46.3 Å². The van der Waals surface area contributed by atoms with Crippen molar-refractivity contribution in [1.82, 2.24) is 14.7 Å². The Kier molecular flexibility index (Phi) is 5.61. The Morgan fingerprint density at radius 3 is 2.93 bits per heavy atom. The number of carbonyl (C=O) groups excluding carboxylic acids is 2. The molecule has 0 spiro atoms. The number of nitrogens with zero attached hydrogens (tertiary/aromatic N) is 3. The number of esters is 1. The fourth-order valence-electron chi connectivity index (χ4n) is 3.71.